The number of nitrogens with zero attached hydrogens (tertiary/aromatic N) is 4. The van der Waals surface area contributed by atoms with E-state index in [-0.39, 0.29) is 23.9 Å². The van der Waals surface area contributed by atoms with Crippen molar-refractivity contribution < 1.29 is 17.9 Å². The molecule has 3 heterocycles. The van der Waals surface area contributed by atoms with Gasteiger partial charge < -0.3 is 14.5 Å². The highest BCUT2D eigenvalue weighted by Gasteiger charge is 2.36. The van der Waals surface area contributed by atoms with Crippen LogP contribution in [0.5, 0.6) is 0 Å². The highest BCUT2D eigenvalue weighted by molar-refractivity contribution is 14.1. The van der Waals surface area contributed by atoms with Crippen molar-refractivity contribution in [3.63, 3.8) is 0 Å². The van der Waals surface area contributed by atoms with Gasteiger partial charge in [-0.15, -0.1) is 0 Å². The van der Waals surface area contributed by atoms with Crippen molar-refractivity contribution in [2.75, 3.05) is 18.0 Å². The highest BCUT2D eigenvalue weighted by atomic mass is 127. The molecular weight excluding hydrogens is 579 g/mol. The first kappa shape index (κ1) is 25.7. The summed E-state index contributed by atoms with van der Waals surface area (Å²) in [5.41, 5.74) is 0.776. The number of amides is 1. The van der Waals surface area contributed by atoms with Crippen LogP contribution in [0.25, 0.3) is 10.9 Å². The number of rotatable bonds is 4. The molecule has 1 amide bonds. The Hall–Kier alpha value is -2.34. The van der Waals surface area contributed by atoms with Crippen molar-refractivity contribution in [3.05, 3.63) is 57.9 Å². The number of carbonyl (C=O) groups is 1. The Balaban J connectivity index is 1.66. The first-order chi connectivity index (χ1) is 16.4. The largest absolute Gasteiger partial charge is 0.444 e. The van der Waals surface area contributed by atoms with Crippen LogP contribution in [-0.2, 0) is 20.5 Å². The lowest BCUT2D eigenvalue weighted by molar-refractivity contribution is 0.0130. The number of aromatic nitrogens is 2. The lowest BCUT2D eigenvalue weighted by atomic mass is 10.1. The van der Waals surface area contributed by atoms with Crippen LogP contribution in [0.4, 0.5) is 10.6 Å². The molecule has 1 saturated heterocycles. The van der Waals surface area contributed by atoms with Gasteiger partial charge in [0.2, 0.25) is 10.0 Å². The van der Waals surface area contributed by atoms with E-state index >= 15 is 0 Å². The number of hydrogen-bond acceptors (Lipinski definition) is 6. The maximum atomic E-state index is 13.3. The van der Waals surface area contributed by atoms with Gasteiger partial charge in [0.25, 0.3) is 0 Å². The summed E-state index contributed by atoms with van der Waals surface area (Å²) in [5.74, 6) is 0.636. The van der Waals surface area contributed by atoms with E-state index < -0.39 is 15.6 Å². The maximum absolute atomic E-state index is 13.3. The molecule has 10 heteroatoms. The molecule has 1 aliphatic heterocycles. The van der Waals surface area contributed by atoms with Crippen LogP contribution >= 0.6 is 22.6 Å². The standard InChI is InChI=1S/C25H31IN4O4S/c1-17-14-29(24(31)34-25(3,4)5)18(2)13-28(17)23-22-20(26)15-30(21(22)11-12-27-23)35(32,33)16-19-9-7-6-8-10-19/h6-12,15,17-18H,13-14,16H2,1-5H3/t17-,18+/m0/s1. The lowest BCUT2D eigenvalue weighted by Gasteiger charge is -2.44. The van der Waals surface area contributed by atoms with E-state index in [1.807, 2.05) is 65.0 Å². The number of benzene rings is 1. The zero-order valence-corrected chi connectivity index (χ0v) is 23.6. The maximum Gasteiger partial charge on any atom is 0.410 e. The summed E-state index contributed by atoms with van der Waals surface area (Å²) in [7, 11) is -3.63. The van der Waals surface area contributed by atoms with Crippen LogP contribution < -0.4 is 4.90 Å². The van der Waals surface area contributed by atoms with Crippen molar-refractivity contribution in [2.45, 2.75) is 58.1 Å². The number of halogens is 1. The molecule has 4 rings (SSSR count). The summed E-state index contributed by atoms with van der Waals surface area (Å²) in [6.45, 7) is 10.7. The molecule has 2 aromatic heterocycles. The summed E-state index contributed by atoms with van der Waals surface area (Å²) in [4.78, 5) is 21.3. The van der Waals surface area contributed by atoms with Gasteiger partial charge in [0.05, 0.1) is 16.7 Å². The van der Waals surface area contributed by atoms with Crippen LogP contribution in [0.1, 0.15) is 40.2 Å². The van der Waals surface area contributed by atoms with Crippen LogP contribution in [-0.4, -0.2) is 59.1 Å². The van der Waals surface area contributed by atoms with Crippen molar-refractivity contribution >= 4 is 55.4 Å². The lowest BCUT2D eigenvalue weighted by Crippen LogP contribution is -2.59. The Morgan fingerprint density at radius 3 is 2.46 bits per heavy atom. The van der Waals surface area contributed by atoms with Crippen molar-refractivity contribution in [1.29, 1.82) is 0 Å². The number of pyridine rings is 1. The number of hydrogen-bond donors (Lipinski definition) is 0. The normalized spacial score (nSPS) is 19.3. The number of carbonyl (C=O) groups excluding carboxylic acids is 1. The molecule has 8 nitrogen and oxygen atoms in total. The van der Waals surface area contributed by atoms with Gasteiger partial charge >= 0.3 is 6.09 Å². The van der Waals surface area contributed by atoms with Crippen molar-refractivity contribution in [1.82, 2.24) is 13.9 Å². The number of fused-ring (bicyclic) bond motifs is 1. The molecule has 1 aliphatic rings. The summed E-state index contributed by atoms with van der Waals surface area (Å²) in [6, 6.07) is 10.8. The second kappa shape index (κ2) is 9.61. The molecule has 0 bridgehead atoms. The number of anilines is 1. The van der Waals surface area contributed by atoms with E-state index in [1.54, 1.807) is 23.4 Å². The monoisotopic (exact) mass is 610 g/mol. The molecule has 2 atom stereocenters. The summed E-state index contributed by atoms with van der Waals surface area (Å²) >= 11 is 2.18. The summed E-state index contributed by atoms with van der Waals surface area (Å²) < 4.78 is 34.4. The quantitative estimate of drug-likeness (QED) is 0.393. The molecule has 1 fully saturated rings. The molecular formula is C25H31IN4O4S. The minimum Gasteiger partial charge on any atom is -0.444 e. The fourth-order valence-electron chi connectivity index (χ4n) is 4.39. The van der Waals surface area contributed by atoms with E-state index in [2.05, 4.69) is 32.5 Å². The summed E-state index contributed by atoms with van der Waals surface area (Å²) in [5, 5.41) is 0.800. The van der Waals surface area contributed by atoms with Crippen LogP contribution in [0, 0.1) is 3.57 Å². The third kappa shape index (κ3) is 5.42. The zero-order valence-electron chi connectivity index (χ0n) is 20.6. The molecule has 0 N–H and O–H groups in total. The van der Waals surface area contributed by atoms with E-state index in [9.17, 15) is 13.2 Å². The predicted molar refractivity (Wildman–Crippen MR) is 146 cm³/mol. The van der Waals surface area contributed by atoms with Crippen LogP contribution in [0.3, 0.4) is 0 Å². The third-order valence-electron chi connectivity index (χ3n) is 5.99. The molecule has 3 aromatic rings. The van der Waals surface area contributed by atoms with Crippen molar-refractivity contribution in [3.8, 4) is 0 Å². The zero-order chi connectivity index (χ0) is 25.5. The molecule has 1 aromatic carbocycles. The van der Waals surface area contributed by atoms with E-state index in [4.69, 9.17) is 4.74 Å². The van der Waals surface area contributed by atoms with Gasteiger partial charge in [-0.2, -0.15) is 0 Å². The third-order valence-corrected chi connectivity index (χ3v) is 8.41. The van der Waals surface area contributed by atoms with Gasteiger partial charge in [-0.25, -0.2) is 22.2 Å². The first-order valence-corrected chi connectivity index (χ1v) is 14.2. The Bertz CT molecular complexity index is 1330. The second-order valence-electron chi connectivity index (χ2n) is 10.0. The predicted octanol–water partition coefficient (Wildman–Crippen LogP) is 4.85. The van der Waals surface area contributed by atoms with Gasteiger partial charge in [0.1, 0.15) is 11.4 Å². The Morgan fingerprint density at radius 2 is 1.80 bits per heavy atom. The molecule has 0 aliphatic carbocycles. The molecule has 35 heavy (non-hydrogen) atoms. The van der Waals surface area contributed by atoms with Gasteiger partial charge in [0, 0.05) is 41.1 Å². The topological polar surface area (TPSA) is 84.7 Å². The fraction of sp³-hybridized carbons (Fsp3) is 0.440. The SMILES string of the molecule is C[C@@H]1CN(c2nccc3c2c(I)cn3S(=O)(=O)Cc2ccccc2)[C@@H](C)CN1C(=O)OC(C)(C)C. The first-order valence-electron chi connectivity index (χ1n) is 11.6. The summed E-state index contributed by atoms with van der Waals surface area (Å²) in [6.07, 6.45) is 3.00. The molecule has 188 valence electrons. The second-order valence-corrected chi connectivity index (χ2v) is 13.0. The Morgan fingerprint density at radius 1 is 1.11 bits per heavy atom. The Kier molecular flexibility index (Phi) is 7.07. The minimum absolute atomic E-state index is 0.0307. The smallest absolute Gasteiger partial charge is 0.410 e. The van der Waals surface area contributed by atoms with E-state index in [0.29, 0.717) is 18.6 Å². The number of piperazine rings is 1. The number of ether oxygens (including phenoxy) is 1. The van der Waals surface area contributed by atoms with Gasteiger partial charge in [-0.05, 0) is 68.8 Å². The molecule has 0 saturated carbocycles. The highest BCUT2D eigenvalue weighted by Crippen LogP contribution is 2.34. The van der Waals surface area contributed by atoms with E-state index in [1.165, 1.54) is 3.97 Å². The molecule has 0 radical (unpaired) electrons. The average Bonchev–Trinajstić information content (AvgIpc) is 3.12. The Labute approximate surface area is 220 Å². The van der Waals surface area contributed by atoms with Crippen LogP contribution in [0.2, 0.25) is 0 Å². The fourth-order valence-corrected chi connectivity index (χ4v) is 6.85. The van der Waals surface area contributed by atoms with E-state index in [0.717, 1.165) is 20.3 Å². The molecule has 0 spiro atoms. The van der Waals surface area contributed by atoms with Gasteiger partial charge in [0.15, 0.2) is 0 Å². The van der Waals surface area contributed by atoms with Crippen molar-refractivity contribution in [2.24, 2.45) is 0 Å². The minimum atomic E-state index is -3.63. The molecule has 0 unspecified atom stereocenters. The van der Waals surface area contributed by atoms with Gasteiger partial charge in [-0.3, -0.25) is 0 Å². The van der Waals surface area contributed by atoms with Crippen LogP contribution in [0.15, 0.2) is 48.8 Å². The average molecular weight is 611 g/mol. The van der Waals surface area contributed by atoms with Gasteiger partial charge in [-0.1, -0.05) is 30.3 Å².